The van der Waals surface area contributed by atoms with Crippen LogP contribution < -0.4 is 5.32 Å². The van der Waals surface area contributed by atoms with Crippen molar-refractivity contribution >= 4 is 13.7 Å². The highest BCUT2D eigenvalue weighted by Crippen LogP contribution is 2.43. The van der Waals surface area contributed by atoms with Gasteiger partial charge in [0.25, 0.3) is 0 Å². The monoisotopic (exact) mass is 738 g/mol. The number of unbranched alkanes of at least 4 members (excludes halogenated alkanes) is 8. The van der Waals surface area contributed by atoms with Crippen molar-refractivity contribution < 1.29 is 38.0 Å². The van der Waals surface area contributed by atoms with Crippen LogP contribution in [0.1, 0.15) is 123 Å². The van der Waals surface area contributed by atoms with Gasteiger partial charge in [-0.15, -0.1) is 0 Å². The molecule has 0 heterocycles. The van der Waals surface area contributed by atoms with Gasteiger partial charge in [0.1, 0.15) is 19.3 Å². The van der Waals surface area contributed by atoms with Crippen LogP contribution in [-0.4, -0.2) is 84.6 Å². The Bertz CT molecular complexity index is 1080. The molecule has 0 rings (SSSR count). The maximum Gasteiger partial charge on any atom is 0.472 e. The first-order valence-corrected chi connectivity index (χ1v) is 20.9. The van der Waals surface area contributed by atoms with Crippen LogP contribution in [0.3, 0.4) is 0 Å². The molecule has 0 bridgehead atoms. The number of hydrogen-bond donors (Lipinski definition) is 4. The molecule has 9 nitrogen and oxygen atoms in total. The van der Waals surface area contributed by atoms with E-state index in [1.165, 1.54) is 44.9 Å². The van der Waals surface area contributed by atoms with Crippen molar-refractivity contribution in [1.82, 2.24) is 5.32 Å². The van der Waals surface area contributed by atoms with E-state index in [0.29, 0.717) is 30.3 Å². The van der Waals surface area contributed by atoms with Crippen LogP contribution in [-0.2, 0) is 18.4 Å². The Morgan fingerprint density at radius 3 is 1.76 bits per heavy atom. The van der Waals surface area contributed by atoms with Crippen molar-refractivity contribution in [1.29, 1.82) is 0 Å². The Morgan fingerprint density at radius 2 is 1.22 bits per heavy atom. The van der Waals surface area contributed by atoms with Crippen molar-refractivity contribution in [2.45, 2.75) is 141 Å². The van der Waals surface area contributed by atoms with Gasteiger partial charge in [0.15, 0.2) is 0 Å². The summed E-state index contributed by atoms with van der Waals surface area (Å²) in [6.07, 6.45) is 38.6. The van der Waals surface area contributed by atoms with E-state index in [2.05, 4.69) is 73.8 Å². The number of aliphatic hydroxyl groups excluding tert-OH is 2. The molecule has 0 aliphatic carbocycles. The lowest BCUT2D eigenvalue weighted by Gasteiger charge is -2.28. The Morgan fingerprint density at radius 1 is 0.706 bits per heavy atom. The van der Waals surface area contributed by atoms with Gasteiger partial charge < -0.3 is 24.9 Å². The van der Waals surface area contributed by atoms with E-state index in [1.54, 1.807) is 6.08 Å². The second kappa shape index (κ2) is 32.5. The number of aliphatic hydroxyl groups is 2. The van der Waals surface area contributed by atoms with E-state index < -0.39 is 38.6 Å². The van der Waals surface area contributed by atoms with Gasteiger partial charge in [-0.2, -0.15) is 0 Å². The summed E-state index contributed by atoms with van der Waals surface area (Å²) in [6, 6.07) is -1.11. The zero-order chi connectivity index (χ0) is 38.1. The molecule has 0 fully saturated rings. The van der Waals surface area contributed by atoms with Gasteiger partial charge in [0, 0.05) is 6.42 Å². The third-order valence-corrected chi connectivity index (χ3v) is 9.04. The number of carbonyl (C=O) groups excluding carboxylic acids is 1. The fourth-order valence-corrected chi connectivity index (χ4v) is 5.65. The predicted molar refractivity (Wildman–Crippen MR) is 213 cm³/mol. The van der Waals surface area contributed by atoms with E-state index in [4.69, 9.17) is 9.05 Å². The number of likely N-dealkylation sites (N-methyl/N-ethyl adjacent to an activating group) is 1. The minimum absolute atomic E-state index is 0.00394. The first-order chi connectivity index (χ1) is 24.4. The van der Waals surface area contributed by atoms with Crippen LogP contribution >= 0.6 is 7.82 Å². The lowest BCUT2D eigenvalue weighted by atomic mass is 10.0. The third kappa shape index (κ3) is 33.5. The van der Waals surface area contributed by atoms with Crippen molar-refractivity contribution in [3.05, 3.63) is 72.9 Å². The van der Waals surface area contributed by atoms with Crippen molar-refractivity contribution in [2.24, 2.45) is 0 Å². The number of nitrogens with zero attached hydrogens (tertiary/aromatic N) is 1. The molecule has 1 amide bonds. The number of phosphoric acid groups is 1. The minimum Gasteiger partial charge on any atom is -0.390 e. The zero-order valence-electron chi connectivity index (χ0n) is 32.7. The van der Waals surface area contributed by atoms with Gasteiger partial charge in [-0.1, -0.05) is 125 Å². The lowest BCUT2D eigenvalue weighted by molar-refractivity contribution is -0.870. The van der Waals surface area contributed by atoms with Gasteiger partial charge in [-0.3, -0.25) is 13.8 Å². The van der Waals surface area contributed by atoms with Gasteiger partial charge in [-0.25, -0.2) is 4.57 Å². The van der Waals surface area contributed by atoms with E-state index >= 15 is 0 Å². The summed E-state index contributed by atoms with van der Waals surface area (Å²) in [4.78, 5) is 23.0. The zero-order valence-corrected chi connectivity index (χ0v) is 33.6. The number of rotatable bonds is 33. The number of allylic oxidation sites excluding steroid dienone is 11. The smallest absolute Gasteiger partial charge is 0.390 e. The molecular weight excluding hydrogens is 663 g/mol. The maximum absolute atomic E-state index is 12.8. The van der Waals surface area contributed by atoms with Crippen LogP contribution in [0.5, 0.6) is 0 Å². The fourth-order valence-electron chi connectivity index (χ4n) is 4.91. The standard InChI is InChI=1S/C41H73N2O7P/c1-6-8-10-12-14-16-18-20-21-22-24-26-28-30-32-34-40(45)42-38(37-50-51(47,48)49-36-35-43(3,4)5)41(46)39(44)33-31-29-27-25-23-19-17-15-13-11-9-7-2/h8,10,14,16,20-21,24-27,30,32,38-39,41,44,46H,6-7,9,11-13,15,17-19,22-23,28-29,31,33-37H2,1-5H3,(H-,42,45,47,48)/p+1/b10-8-,16-14-,21-20-,26-24-,27-25+,32-30-. The van der Waals surface area contributed by atoms with E-state index in [1.807, 2.05) is 33.3 Å². The van der Waals surface area contributed by atoms with E-state index in [0.717, 1.165) is 38.5 Å². The van der Waals surface area contributed by atoms with Gasteiger partial charge in [0.05, 0.1) is 39.9 Å². The molecule has 0 spiro atoms. The number of hydrogen-bond acceptors (Lipinski definition) is 6. The largest absolute Gasteiger partial charge is 0.472 e. The van der Waals surface area contributed by atoms with Crippen molar-refractivity contribution in [3.63, 3.8) is 0 Å². The number of phosphoric ester groups is 1. The molecule has 0 aromatic carbocycles. The second-order valence-electron chi connectivity index (χ2n) is 14.1. The topological polar surface area (TPSA) is 125 Å². The first-order valence-electron chi connectivity index (χ1n) is 19.4. The van der Waals surface area contributed by atoms with Gasteiger partial charge in [0.2, 0.25) is 5.91 Å². The quantitative estimate of drug-likeness (QED) is 0.0229. The molecule has 0 aliphatic rings. The van der Waals surface area contributed by atoms with Crippen molar-refractivity contribution in [2.75, 3.05) is 40.9 Å². The summed E-state index contributed by atoms with van der Waals surface area (Å²) in [5, 5.41) is 24.4. The fraction of sp³-hybridized carbons (Fsp3) is 0.683. The molecule has 0 aliphatic heterocycles. The highest BCUT2D eigenvalue weighted by atomic mass is 31.2. The van der Waals surface area contributed by atoms with Gasteiger partial charge in [-0.05, 0) is 64.2 Å². The van der Waals surface area contributed by atoms with Crippen LogP contribution in [0.4, 0.5) is 0 Å². The van der Waals surface area contributed by atoms with Crippen molar-refractivity contribution in [3.8, 4) is 0 Å². The molecule has 51 heavy (non-hydrogen) atoms. The number of amides is 1. The summed E-state index contributed by atoms with van der Waals surface area (Å²) in [7, 11) is 1.35. The molecule has 0 radical (unpaired) electrons. The Hall–Kier alpha value is -2.10. The third-order valence-electron chi connectivity index (χ3n) is 8.06. The highest BCUT2D eigenvalue weighted by molar-refractivity contribution is 7.47. The summed E-state index contributed by atoms with van der Waals surface area (Å²) in [5.74, 6) is -0.400. The van der Waals surface area contributed by atoms with Crippen LogP contribution in [0.15, 0.2) is 72.9 Å². The summed E-state index contributed by atoms with van der Waals surface area (Å²) in [5.41, 5.74) is 0. The summed E-state index contributed by atoms with van der Waals surface area (Å²) < 4.78 is 23.3. The Balaban J connectivity index is 4.84. The Labute approximate surface area is 311 Å². The predicted octanol–water partition coefficient (Wildman–Crippen LogP) is 9.04. The molecule has 10 heteroatoms. The number of nitrogens with one attached hydrogen (secondary N) is 1. The summed E-state index contributed by atoms with van der Waals surface area (Å²) in [6.45, 7) is 4.34. The second-order valence-corrected chi connectivity index (χ2v) is 15.5. The summed E-state index contributed by atoms with van der Waals surface area (Å²) >= 11 is 0. The molecule has 0 aromatic heterocycles. The molecule has 4 atom stereocenters. The molecule has 4 unspecified atom stereocenters. The molecule has 0 saturated heterocycles. The average molecular weight is 738 g/mol. The highest BCUT2D eigenvalue weighted by Gasteiger charge is 2.31. The SMILES string of the molecule is CC/C=C\C/C=C\C/C=C\C/C=C\C/C=C\CC(=O)NC(COP(=O)(O)OCC[N+](C)(C)C)C(O)C(O)CCC/C=C/CCCCCCCCC. The number of carbonyl (C=O) groups is 1. The van der Waals surface area contributed by atoms with Crippen LogP contribution in [0.2, 0.25) is 0 Å². The lowest BCUT2D eigenvalue weighted by Crippen LogP contribution is -2.51. The first kappa shape index (κ1) is 48.9. The molecule has 4 N–H and O–H groups in total. The normalized spacial score (nSPS) is 16.0. The minimum atomic E-state index is -4.44. The maximum atomic E-state index is 12.8. The molecule has 0 aromatic rings. The van der Waals surface area contributed by atoms with Crippen LogP contribution in [0, 0.1) is 0 Å². The number of quaternary nitrogens is 1. The average Bonchev–Trinajstić information content (AvgIpc) is 3.07. The molecule has 294 valence electrons. The van der Waals surface area contributed by atoms with Gasteiger partial charge >= 0.3 is 7.82 Å². The van der Waals surface area contributed by atoms with Crippen LogP contribution in [0.25, 0.3) is 0 Å². The molecular formula is C41H74N2O7P+. The van der Waals surface area contributed by atoms with E-state index in [9.17, 15) is 24.5 Å². The molecule has 0 saturated carbocycles. The van der Waals surface area contributed by atoms with E-state index in [-0.39, 0.29) is 13.0 Å². The Kier molecular flexibility index (Phi) is 31.2.